The Balaban J connectivity index is 2.19. The Bertz CT molecular complexity index is 1080. The predicted molar refractivity (Wildman–Crippen MR) is 143 cm³/mol. The summed E-state index contributed by atoms with van der Waals surface area (Å²) in [4.78, 5) is 28.0. The third kappa shape index (κ3) is 8.55. The van der Waals surface area contributed by atoms with E-state index < -0.39 is 16.1 Å². The van der Waals surface area contributed by atoms with Crippen LogP contribution in [0.3, 0.4) is 0 Å². The number of hydrogen-bond acceptors (Lipinski definition) is 5. The van der Waals surface area contributed by atoms with Gasteiger partial charge in [-0.2, -0.15) is 0 Å². The van der Waals surface area contributed by atoms with Crippen molar-refractivity contribution in [3.8, 4) is 5.75 Å². The van der Waals surface area contributed by atoms with Crippen molar-refractivity contribution in [2.24, 2.45) is 0 Å². The molecule has 8 nitrogen and oxygen atoms in total. The zero-order valence-corrected chi connectivity index (χ0v) is 22.6. The Morgan fingerprint density at radius 3 is 2.28 bits per heavy atom. The van der Waals surface area contributed by atoms with Gasteiger partial charge in [-0.1, -0.05) is 62.7 Å². The molecule has 0 aliphatic heterocycles. The van der Waals surface area contributed by atoms with Gasteiger partial charge in [-0.15, -0.1) is 0 Å². The van der Waals surface area contributed by atoms with Crippen LogP contribution in [-0.2, 0) is 26.2 Å². The van der Waals surface area contributed by atoms with Crippen molar-refractivity contribution < 1.29 is 22.7 Å². The SMILES string of the molecule is CCCCNC(=O)[C@H](CC)N(Cc1ccccc1)C(=O)CCCN(c1ccccc1OC)S(C)(=O)=O. The quantitative estimate of drug-likeness (QED) is 0.361. The fraction of sp³-hybridized carbons (Fsp3) is 0.481. The number of unbranched alkanes of at least 4 members (excludes halogenated alkanes) is 1. The zero-order valence-electron chi connectivity index (χ0n) is 21.8. The lowest BCUT2D eigenvalue weighted by molar-refractivity contribution is -0.141. The Morgan fingerprint density at radius 2 is 1.67 bits per heavy atom. The number of sulfonamides is 1. The number of hydrogen-bond donors (Lipinski definition) is 1. The monoisotopic (exact) mass is 517 g/mol. The van der Waals surface area contributed by atoms with Gasteiger partial charge in [-0.05, 0) is 37.0 Å². The molecule has 198 valence electrons. The van der Waals surface area contributed by atoms with Crippen LogP contribution < -0.4 is 14.4 Å². The minimum Gasteiger partial charge on any atom is -0.495 e. The molecule has 9 heteroatoms. The van der Waals surface area contributed by atoms with E-state index in [9.17, 15) is 18.0 Å². The number of anilines is 1. The molecule has 0 radical (unpaired) electrons. The Morgan fingerprint density at radius 1 is 1.00 bits per heavy atom. The molecule has 0 aliphatic carbocycles. The van der Waals surface area contributed by atoms with Gasteiger partial charge in [0.05, 0.1) is 19.1 Å². The highest BCUT2D eigenvalue weighted by atomic mass is 32.2. The second-order valence-corrected chi connectivity index (χ2v) is 10.6. The van der Waals surface area contributed by atoms with Crippen LogP contribution in [-0.4, -0.2) is 57.6 Å². The molecule has 0 saturated heterocycles. The molecule has 1 atom stereocenters. The van der Waals surface area contributed by atoms with Crippen LogP contribution in [0.15, 0.2) is 54.6 Å². The summed E-state index contributed by atoms with van der Waals surface area (Å²) in [6.07, 6.45) is 3.85. The molecule has 2 amide bonds. The summed E-state index contributed by atoms with van der Waals surface area (Å²) in [5, 5.41) is 2.95. The maximum Gasteiger partial charge on any atom is 0.242 e. The van der Waals surface area contributed by atoms with Gasteiger partial charge in [0.1, 0.15) is 11.8 Å². The lowest BCUT2D eigenvalue weighted by Crippen LogP contribution is -2.49. The fourth-order valence-electron chi connectivity index (χ4n) is 4.02. The van der Waals surface area contributed by atoms with Crippen LogP contribution in [0.4, 0.5) is 5.69 Å². The van der Waals surface area contributed by atoms with Crippen molar-refractivity contribution in [3.05, 3.63) is 60.2 Å². The first-order valence-corrected chi connectivity index (χ1v) is 14.3. The highest BCUT2D eigenvalue weighted by Gasteiger charge is 2.29. The summed E-state index contributed by atoms with van der Waals surface area (Å²) >= 11 is 0. The number of carbonyl (C=O) groups excluding carboxylic acids is 2. The molecule has 0 bridgehead atoms. The molecule has 0 heterocycles. The van der Waals surface area contributed by atoms with Crippen molar-refractivity contribution in [1.82, 2.24) is 10.2 Å². The van der Waals surface area contributed by atoms with Gasteiger partial charge in [-0.25, -0.2) is 8.42 Å². The average Bonchev–Trinajstić information content (AvgIpc) is 2.86. The van der Waals surface area contributed by atoms with E-state index in [2.05, 4.69) is 12.2 Å². The van der Waals surface area contributed by atoms with Gasteiger partial charge in [0.15, 0.2) is 0 Å². The van der Waals surface area contributed by atoms with E-state index in [-0.39, 0.29) is 24.8 Å². The summed E-state index contributed by atoms with van der Waals surface area (Å²) in [6, 6.07) is 15.8. The minimum atomic E-state index is -3.60. The number of nitrogens with one attached hydrogen (secondary N) is 1. The zero-order chi connectivity index (χ0) is 26.6. The molecule has 36 heavy (non-hydrogen) atoms. The van der Waals surface area contributed by atoms with Gasteiger partial charge in [0.25, 0.3) is 0 Å². The smallest absolute Gasteiger partial charge is 0.242 e. The lowest BCUT2D eigenvalue weighted by Gasteiger charge is -2.31. The summed E-state index contributed by atoms with van der Waals surface area (Å²) in [5.41, 5.74) is 1.36. The molecule has 0 aliphatic rings. The van der Waals surface area contributed by atoms with Gasteiger partial charge >= 0.3 is 0 Å². The molecule has 0 unspecified atom stereocenters. The molecule has 2 aromatic carbocycles. The number of para-hydroxylation sites is 2. The van der Waals surface area contributed by atoms with E-state index in [0.717, 1.165) is 24.7 Å². The first-order chi connectivity index (χ1) is 17.2. The number of ether oxygens (including phenoxy) is 1. The molecular formula is C27H39N3O5S. The normalized spacial score (nSPS) is 12.0. The van der Waals surface area contributed by atoms with Crippen LogP contribution in [0.1, 0.15) is 51.5 Å². The van der Waals surface area contributed by atoms with E-state index in [0.29, 0.717) is 37.4 Å². The largest absolute Gasteiger partial charge is 0.495 e. The van der Waals surface area contributed by atoms with E-state index >= 15 is 0 Å². The molecular weight excluding hydrogens is 478 g/mol. The van der Waals surface area contributed by atoms with Gasteiger partial charge < -0.3 is 15.0 Å². The van der Waals surface area contributed by atoms with Crippen LogP contribution in [0.5, 0.6) is 5.75 Å². The van der Waals surface area contributed by atoms with Crippen molar-refractivity contribution in [2.75, 3.05) is 30.8 Å². The fourth-order valence-corrected chi connectivity index (χ4v) is 4.99. The standard InChI is InChI=1S/C27H39N3O5S/c1-5-7-19-28-27(32)23(6-2)29(21-22-14-9-8-10-15-22)26(31)18-13-20-30(36(4,33)34)24-16-11-12-17-25(24)35-3/h8-12,14-17,23H,5-7,13,18-21H2,1-4H3,(H,28,32)/t23-/m0/s1. The Labute approximate surface area is 215 Å². The molecule has 0 aromatic heterocycles. The topological polar surface area (TPSA) is 96.0 Å². The maximum absolute atomic E-state index is 13.4. The van der Waals surface area contributed by atoms with E-state index in [1.807, 2.05) is 37.3 Å². The minimum absolute atomic E-state index is 0.104. The number of carbonyl (C=O) groups is 2. The average molecular weight is 518 g/mol. The van der Waals surface area contributed by atoms with Crippen molar-refractivity contribution in [1.29, 1.82) is 0 Å². The molecule has 0 fully saturated rings. The van der Waals surface area contributed by atoms with Gasteiger partial charge in [0, 0.05) is 26.1 Å². The van der Waals surface area contributed by atoms with E-state index in [4.69, 9.17) is 4.74 Å². The summed E-state index contributed by atoms with van der Waals surface area (Å²) < 4.78 is 31.7. The predicted octanol–water partition coefficient (Wildman–Crippen LogP) is 3.97. The van der Waals surface area contributed by atoms with Crippen molar-refractivity contribution in [3.63, 3.8) is 0 Å². The van der Waals surface area contributed by atoms with Crippen LogP contribution >= 0.6 is 0 Å². The highest BCUT2D eigenvalue weighted by Crippen LogP contribution is 2.29. The van der Waals surface area contributed by atoms with Crippen LogP contribution in [0.2, 0.25) is 0 Å². The Kier molecular flexibility index (Phi) is 11.7. The second kappa shape index (κ2) is 14.5. The number of benzene rings is 2. The Hall–Kier alpha value is -3.07. The first-order valence-electron chi connectivity index (χ1n) is 12.4. The lowest BCUT2D eigenvalue weighted by atomic mass is 10.1. The van der Waals surface area contributed by atoms with Crippen LogP contribution in [0, 0.1) is 0 Å². The number of rotatable bonds is 15. The summed E-state index contributed by atoms with van der Waals surface area (Å²) in [6.45, 7) is 4.94. The molecule has 0 saturated carbocycles. The van der Waals surface area contributed by atoms with E-state index in [1.165, 1.54) is 11.4 Å². The van der Waals surface area contributed by atoms with Gasteiger partial charge in [-0.3, -0.25) is 13.9 Å². The van der Waals surface area contributed by atoms with Crippen molar-refractivity contribution >= 4 is 27.5 Å². The summed E-state index contributed by atoms with van der Waals surface area (Å²) in [5.74, 6) is 0.0848. The molecule has 0 spiro atoms. The molecule has 2 aromatic rings. The summed E-state index contributed by atoms with van der Waals surface area (Å²) in [7, 11) is -2.11. The van der Waals surface area contributed by atoms with E-state index in [1.54, 1.807) is 29.2 Å². The van der Waals surface area contributed by atoms with Crippen molar-refractivity contribution in [2.45, 2.75) is 58.5 Å². The second-order valence-electron chi connectivity index (χ2n) is 8.69. The van der Waals surface area contributed by atoms with Gasteiger partial charge in [0.2, 0.25) is 21.8 Å². The number of methoxy groups -OCH3 is 1. The molecule has 1 N–H and O–H groups in total. The van der Waals surface area contributed by atoms with Crippen LogP contribution in [0.25, 0.3) is 0 Å². The number of amides is 2. The maximum atomic E-state index is 13.4. The molecule has 2 rings (SSSR count). The highest BCUT2D eigenvalue weighted by molar-refractivity contribution is 7.92. The number of nitrogens with zero attached hydrogens (tertiary/aromatic N) is 2. The third-order valence-corrected chi connectivity index (χ3v) is 7.10. The third-order valence-electron chi connectivity index (χ3n) is 5.92. The first kappa shape index (κ1) is 29.2.